The Balaban J connectivity index is 1.89. The van der Waals surface area contributed by atoms with Crippen molar-refractivity contribution in [3.63, 3.8) is 0 Å². The summed E-state index contributed by atoms with van der Waals surface area (Å²) in [6, 6.07) is 16.5. The predicted molar refractivity (Wildman–Crippen MR) is 107 cm³/mol. The number of rotatable bonds is 1. The molecule has 2 aliphatic heterocycles. The minimum atomic E-state index is -1.45. The fourth-order valence-corrected chi connectivity index (χ4v) is 4.33. The molecule has 2 aromatic carbocycles. The van der Waals surface area contributed by atoms with E-state index < -0.39 is 11.3 Å². The maximum atomic E-state index is 13.4. The zero-order valence-electron chi connectivity index (χ0n) is 15.2. The molecule has 0 radical (unpaired) electrons. The number of ether oxygens (including phenoxy) is 1. The highest BCUT2D eigenvalue weighted by Crippen LogP contribution is 2.54. The number of aryl methyl sites for hydroxylation is 1. The molecule has 3 N–H and O–H groups in total. The maximum Gasteiger partial charge on any atom is 0.245 e. The van der Waals surface area contributed by atoms with E-state index in [1.54, 1.807) is 29.8 Å². The molecule has 29 heavy (non-hydrogen) atoms. The van der Waals surface area contributed by atoms with Crippen molar-refractivity contribution in [3.05, 3.63) is 81.8 Å². The highest BCUT2D eigenvalue weighted by Gasteiger charge is 2.58. The van der Waals surface area contributed by atoms with Crippen LogP contribution in [0.25, 0.3) is 5.69 Å². The second kappa shape index (κ2) is 5.87. The van der Waals surface area contributed by atoms with Crippen LogP contribution in [0.1, 0.15) is 16.8 Å². The van der Waals surface area contributed by atoms with Crippen molar-refractivity contribution >= 4 is 23.2 Å². The number of halogens is 1. The van der Waals surface area contributed by atoms with Gasteiger partial charge in [0.2, 0.25) is 17.7 Å². The molecule has 1 atom stereocenters. The summed E-state index contributed by atoms with van der Waals surface area (Å²) in [6.45, 7) is 1.78. The molecule has 0 unspecified atom stereocenters. The van der Waals surface area contributed by atoms with Gasteiger partial charge in [0, 0.05) is 16.3 Å². The summed E-state index contributed by atoms with van der Waals surface area (Å²) in [6.07, 6.45) is 0. The van der Waals surface area contributed by atoms with E-state index in [0.29, 0.717) is 33.4 Å². The largest absolute Gasteiger partial charge is 0.422 e. The van der Waals surface area contributed by atoms with Gasteiger partial charge in [0.25, 0.3) is 0 Å². The Morgan fingerprint density at radius 3 is 2.76 bits per heavy atom. The van der Waals surface area contributed by atoms with Crippen LogP contribution in [0.4, 0.5) is 5.69 Å². The number of nitrogens with zero attached hydrogens (tertiary/aromatic N) is 3. The quantitative estimate of drug-likeness (QED) is 0.649. The van der Waals surface area contributed by atoms with Crippen LogP contribution in [0, 0.1) is 18.3 Å². The van der Waals surface area contributed by atoms with E-state index in [-0.39, 0.29) is 11.5 Å². The van der Waals surface area contributed by atoms with E-state index in [0.717, 1.165) is 5.69 Å². The zero-order valence-corrected chi connectivity index (χ0v) is 16.0. The first-order valence-electron chi connectivity index (χ1n) is 8.83. The van der Waals surface area contributed by atoms with Crippen LogP contribution >= 0.6 is 11.6 Å². The highest BCUT2D eigenvalue weighted by atomic mass is 35.5. The number of nitrogens with one attached hydrogen (secondary N) is 1. The van der Waals surface area contributed by atoms with Crippen LogP contribution in [-0.4, -0.2) is 15.7 Å². The minimum Gasteiger partial charge on any atom is -0.422 e. The summed E-state index contributed by atoms with van der Waals surface area (Å²) < 4.78 is 7.44. The van der Waals surface area contributed by atoms with Gasteiger partial charge in [0.1, 0.15) is 17.1 Å². The minimum absolute atomic E-state index is 0.0271. The van der Waals surface area contributed by atoms with E-state index in [4.69, 9.17) is 22.1 Å². The first kappa shape index (κ1) is 17.3. The van der Waals surface area contributed by atoms with Crippen molar-refractivity contribution in [3.8, 4) is 17.6 Å². The molecule has 1 spiro atoms. The van der Waals surface area contributed by atoms with Gasteiger partial charge in [-0.05, 0) is 31.2 Å². The van der Waals surface area contributed by atoms with Gasteiger partial charge < -0.3 is 15.8 Å². The number of para-hydroxylation sites is 1. The fraction of sp³-hybridized carbons (Fsp3) is 0.0952. The van der Waals surface area contributed by atoms with Gasteiger partial charge in [-0.15, -0.1) is 0 Å². The van der Waals surface area contributed by atoms with Crippen molar-refractivity contribution in [1.82, 2.24) is 9.78 Å². The van der Waals surface area contributed by atoms with E-state index >= 15 is 0 Å². The van der Waals surface area contributed by atoms with Crippen LogP contribution in [-0.2, 0) is 10.2 Å². The molecule has 2 aliphatic rings. The monoisotopic (exact) mass is 403 g/mol. The van der Waals surface area contributed by atoms with Crippen LogP contribution < -0.4 is 15.8 Å². The number of anilines is 1. The van der Waals surface area contributed by atoms with Crippen molar-refractivity contribution in [2.75, 3.05) is 5.32 Å². The van der Waals surface area contributed by atoms with Gasteiger partial charge >= 0.3 is 0 Å². The number of nitrogens with two attached hydrogens (primary N) is 1. The Kier molecular flexibility index (Phi) is 3.51. The van der Waals surface area contributed by atoms with Gasteiger partial charge in [-0.2, -0.15) is 10.4 Å². The van der Waals surface area contributed by atoms with E-state index in [1.165, 1.54) is 0 Å². The standard InChI is InChI=1S/C21H14ClN5O2/c1-11-17-19(27(26-11)13-5-3-2-4-6-13)29-18(24)15(10-23)21(17)14-8-7-12(22)9-16(14)25-20(21)28/h2-9H,24H2,1H3,(H,25,28)/t21-/m0/s1. The molecular weight excluding hydrogens is 390 g/mol. The summed E-state index contributed by atoms with van der Waals surface area (Å²) in [5.74, 6) is -0.215. The molecular formula is C21H14ClN5O2. The number of aromatic nitrogens is 2. The van der Waals surface area contributed by atoms with Crippen molar-refractivity contribution in [2.24, 2.45) is 5.73 Å². The molecule has 0 bridgehead atoms. The first-order valence-corrected chi connectivity index (χ1v) is 9.21. The van der Waals surface area contributed by atoms with Gasteiger partial charge in [-0.25, -0.2) is 4.68 Å². The summed E-state index contributed by atoms with van der Waals surface area (Å²) in [5.41, 5.74) is 7.64. The molecule has 0 fully saturated rings. The second-order valence-electron chi connectivity index (χ2n) is 6.86. The summed E-state index contributed by atoms with van der Waals surface area (Å²) in [7, 11) is 0. The Morgan fingerprint density at radius 1 is 1.28 bits per heavy atom. The van der Waals surface area contributed by atoms with Crippen molar-refractivity contribution in [1.29, 1.82) is 5.26 Å². The lowest BCUT2D eigenvalue weighted by atomic mass is 9.69. The lowest BCUT2D eigenvalue weighted by Crippen LogP contribution is -2.42. The Labute approximate surface area is 171 Å². The van der Waals surface area contributed by atoms with Gasteiger partial charge in [0.15, 0.2) is 0 Å². The first-order chi connectivity index (χ1) is 14.0. The summed E-state index contributed by atoms with van der Waals surface area (Å²) >= 11 is 6.12. The lowest BCUT2D eigenvalue weighted by Gasteiger charge is -2.32. The molecule has 8 heteroatoms. The molecule has 3 heterocycles. The normalized spacial score (nSPS) is 19.4. The molecule has 7 nitrogen and oxygen atoms in total. The number of benzene rings is 2. The smallest absolute Gasteiger partial charge is 0.245 e. The number of nitriles is 1. The number of amides is 1. The molecule has 3 aromatic rings. The molecule has 0 aliphatic carbocycles. The average Bonchev–Trinajstić information content (AvgIpc) is 3.17. The van der Waals surface area contributed by atoms with Crippen LogP contribution in [0.15, 0.2) is 60.0 Å². The number of carbonyl (C=O) groups excluding carboxylic acids is 1. The van der Waals surface area contributed by atoms with Crippen LogP contribution in [0.5, 0.6) is 5.88 Å². The Morgan fingerprint density at radius 2 is 2.03 bits per heavy atom. The topological polar surface area (TPSA) is 106 Å². The number of carbonyl (C=O) groups is 1. The van der Waals surface area contributed by atoms with E-state index in [1.807, 2.05) is 30.3 Å². The fourth-order valence-electron chi connectivity index (χ4n) is 4.16. The summed E-state index contributed by atoms with van der Waals surface area (Å²) in [5, 5.41) is 17.8. The molecule has 142 valence electrons. The Hall–Kier alpha value is -3.76. The molecule has 0 saturated carbocycles. The van der Waals surface area contributed by atoms with Crippen molar-refractivity contribution < 1.29 is 9.53 Å². The SMILES string of the molecule is Cc1nn(-c2ccccc2)c2c1[C@@]1(C(=O)Nc3cc(Cl)ccc31)C(C#N)=C(N)O2. The maximum absolute atomic E-state index is 13.4. The predicted octanol–water partition coefficient (Wildman–Crippen LogP) is 3.16. The molecule has 1 amide bonds. The van der Waals surface area contributed by atoms with Crippen molar-refractivity contribution in [2.45, 2.75) is 12.3 Å². The molecule has 0 saturated heterocycles. The molecule has 1 aromatic heterocycles. The third-order valence-electron chi connectivity index (χ3n) is 5.31. The summed E-state index contributed by atoms with van der Waals surface area (Å²) in [4.78, 5) is 13.4. The lowest BCUT2D eigenvalue weighted by molar-refractivity contribution is -0.118. The number of hydrogen-bond acceptors (Lipinski definition) is 5. The average molecular weight is 404 g/mol. The van der Waals surface area contributed by atoms with E-state index in [9.17, 15) is 10.1 Å². The van der Waals surface area contributed by atoms with Crippen LogP contribution in [0.2, 0.25) is 5.02 Å². The highest BCUT2D eigenvalue weighted by molar-refractivity contribution is 6.31. The molecule has 5 rings (SSSR count). The number of hydrogen-bond donors (Lipinski definition) is 2. The van der Waals surface area contributed by atoms with Crippen LogP contribution in [0.3, 0.4) is 0 Å². The van der Waals surface area contributed by atoms with Gasteiger partial charge in [-0.1, -0.05) is 35.9 Å². The third-order valence-corrected chi connectivity index (χ3v) is 5.54. The van der Waals surface area contributed by atoms with Gasteiger partial charge in [0.05, 0.1) is 16.9 Å². The van der Waals surface area contributed by atoms with Gasteiger partial charge in [-0.3, -0.25) is 4.79 Å². The Bertz CT molecular complexity index is 1270. The number of fused-ring (bicyclic) bond motifs is 4. The zero-order chi connectivity index (χ0) is 20.3. The second-order valence-corrected chi connectivity index (χ2v) is 7.30. The van der Waals surface area contributed by atoms with E-state index in [2.05, 4.69) is 16.5 Å². The third kappa shape index (κ3) is 2.12.